The highest BCUT2D eigenvalue weighted by Crippen LogP contribution is 2.29. The first-order valence-electron chi connectivity index (χ1n) is 9.49. The maximum Gasteiger partial charge on any atom is 0.223 e. The molecule has 3 rings (SSSR count). The summed E-state index contributed by atoms with van der Waals surface area (Å²) in [6.45, 7) is 4.08. The lowest BCUT2D eigenvalue weighted by Gasteiger charge is -2.32. The molecule has 2 aromatic rings. The smallest absolute Gasteiger partial charge is 0.223 e. The van der Waals surface area contributed by atoms with Crippen molar-refractivity contribution in [3.05, 3.63) is 58.2 Å². The molecular weight excluding hydrogens is 392 g/mol. The first-order valence-corrected chi connectivity index (χ1v) is 9.87. The average Bonchev–Trinajstić information content (AvgIpc) is 2.72. The number of pyridine rings is 1. The van der Waals surface area contributed by atoms with Gasteiger partial charge in [0.25, 0.3) is 0 Å². The zero-order chi connectivity index (χ0) is 21.0. The summed E-state index contributed by atoms with van der Waals surface area (Å²) < 4.78 is 5.19. The molecule has 2 heterocycles. The van der Waals surface area contributed by atoms with Gasteiger partial charge in [-0.3, -0.25) is 14.9 Å². The van der Waals surface area contributed by atoms with Crippen LogP contribution in [0.5, 0.6) is 5.88 Å². The molecule has 1 fully saturated rings. The van der Waals surface area contributed by atoms with E-state index in [9.17, 15) is 9.59 Å². The number of rotatable bonds is 6. The van der Waals surface area contributed by atoms with Crippen LogP contribution in [0.15, 0.2) is 36.4 Å². The van der Waals surface area contributed by atoms with E-state index in [-0.39, 0.29) is 30.2 Å². The Morgan fingerprint density at radius 1 is 1.34 bits per heavy atom. The number of hydrogen-bond donors (Lipinski definition) is 3. The van der Waals surface area contributed by atoms with Crippen molar-refractivity contribution in [1.82, 2.24) is 20.9 Å². The highest BCUT2D eigenvalue weighted by Gasteiger charge is 2.30. The second kappa shape index (κ2) is 9.24. The summed E-state index contributed by atoms with van der Waals surface area (Å²) in [4.78, 5) is 28.6. The molecule has 154 valence electrons. The topological polar surface area (TPSA) is 92.4 Å². The molecule has 29 heavy (non-hydrogen) atoms. The zero-order valence-corrected chi connectivity index (χ0v) is 17.4. The van der Waals surface area contributed by atoms with Gasteiger partial charge in [0.1, 0.15) is 6.17 Å². The third-order valence-electron chi connectivity index (χ3n) is 4.74. The molecule has 1 saturated heterocycles. The Labute approximate surface area is 175 Å². The number of carbonyl (C=O) groups is 2. The Morgan fingerprint density at radius 2 is 2.14 bits per heavy atom. The van der Waals surface area contributed by atoms with Crippen LogP contribution in [0, 0.1) is 5.92 Å². The van der Waals surface area contributed by atoms with Gasteiger partial charge in [-0.2, -0.15) is 0 Å². The second-order valence-electron chi connectivity index (χ2n) is 7.26. The Bertz CT molecular complexity index is 903. The van der Waals surface area contributed by atoms with Crippen LogP contribution < -0.4 is 20.7 Å². The number of benzene rings is 1. The standard InChI is InChI=1S/C21H25ClN4O3/c1-12(2)21(28)23-11-13-7-8-15(22)14(9-13)20-25-17(10-18(27)26-20)16-5-4-6-19(24-16)29-3/h4-9,12,17,20,25H,10-11H2,1-3H3,(H,23,28)(H,26,27). The van der Waals surface area contributed by atoms with Gasteiger partial charge in [-0.1, -0.05) is 37.6 Å². The fraction of sp³-hybridized carbons (Fsp3) is 0.381. The van der Waals surface area contributed by atoms with E-state index >= 15 is 0 Å². The van der Waals surface area contributed by atoms with Crippen molar-refractivity contribution in [3.63, 3.8) is 0 Å². The van der Waals surface area contributed by atoms with E-state index in [0.717, 1.165) is 16.8 Å². The largest absolute Gasteiger partial charge is 0.481 e. The van der Waals surface area contributed by atoms with Crippen LogP contribution in [-0.2, 0) is 16.1 Å². The number of methoxy groups -OCH3 is 1. The van der Waals surface area contributed by atoms with Crippen LogP contribution >= 0.6 is 11.6 Å². The Kier molecular flexibility index (Phi) is 6.71. The lowest BCUT2D eigenvalue weighted by atomic mass is 10.0. The molecule has 1 aromatic carbocycles. The van der Waals surface area contributed by atoms with Crippen molar-refractivity contribution in [2.24, 2.45) is 5.92 Å². The van der Waals surface area contributed by atoms with Gasteiger partial charge in [0, 0.05) is 35.5 Å². The maximum absolute atomic E-state index is 12.4. The van der Waals surface area contributed by atoms with E-state index in [2.05, 4.69) is 20.9 Å². The van der Waals surface area contributed by atoms with E-state index in [0.29, 0.717) is 17.4 Å². The first kappa shape index (κ1) is 21.1. The molecule has 2 amide bonds. The number of hydrogen-bond acceptors (Lipinski definition) is 5. The fourth-order valence-electron chi connectivity index (χ4n) is 3.12. The monoisotopic (exact) mass is 416 g/mol. The number of nitrogens with zero attached hydrogens (tertiary/aromatic N) is 1. The normalized spacial score (nSPS) is 19.0. The minimum absolute atomic E-state index is 0.0187. The molecule has 1 aliphatic rings. The lowest BCUT2D eigenvalue weighted by Crippen LogP contribution is -2.47. The van der Waals surface area contributed by atoms with Gasteiger partial charge < -0.3 is 15.4 Å². The third kappa shape index (κ3) is 5.25. The van der Waals surface area contributed by atoms with Crippen LogP contribution in [0.3, 0.4) is 0 Å². The SMILES string of the molecule is COc1cccc(C2CC(=O)NC(c3cc(CNC(=O)C(C)C)ccc3Cl)N2)n1. The fourth-order valence-corrected chi connectivity index (χ4v) is 3.35. The van der Waals surface area contributed by atoms with Gasteiger partial charge in [0.05, 0.1) is 18.8 Å². The second-order valence-corrected chi connectivity index (χ2v) is 7.66. The van der Waals surface area contributed by atoms with Crippen LogP contribution in [0.25, 0.3) is 0 Å². The van der Waals surface area contributed by atoms with Crippen molar-refractivity contribution < 1.29 is 14.3 Å². The van der Waals surface area contributed by atoms with E-state index in [1.165, 1.54) is 0 Å². The Morgan fingerprint density at radius 3 is 2.86 bits per heavy atom. The quantitative estimate of drug-likeness (QED) is 0.673. The molecule has 0 spiro atoms. The summed E-state index contributed by atoms with van der Waals surface area (Å²) in [7, 11) is 1.55. The van der Waals surface area contributed by atoms with Gasteiger partial charge in [-0.25, -0.2) is 4.98 Å². The van der Waals surface area contributed by atoms with Crippen LogP contribution in [0.1, 0.15) is 49.3 Å². The van der Waals surface area contributed by atoms with Crippen molar-refractivity contribution >= 4 is 23.4 Å². The number of aromatic nitrogens is 1. The summed E-state index contributed by atoms with van der Waals surface area (Å²) in [6.07, 6.45) is -0.208. The van der Waals surface area contributed by atoms with E-state index < -0.39 is 6.17 Å². The molecule has 1 aromatic heterocycles. The Balaban J connectivity index is 1.80. The van der Waals surface area contributed by atoms with Gasteiger partial charge in [0.2, 0.25) is 17.7 Å². The minimum Gasteiger partial charge on any atom is -0.481 e. The summed E-state index contributed by atoms with van der Waals surface area (Å²) in [5.74, 6) is 0.289. The molecule has 0 bridgehead atoms. The minimum atomic E-state index is -0.470. The lowest BCUT2D eigenvalue weighted by molar-refractivity contribution is -0.125. The molecule has 1 aliphatic heterocycles. The molecule has 2 atom stereocenters. The maximum atomic E-state index is 12.4. The highest BCUT2D eigenvalue weighted by molar-refractivity contribution is 6.31. The van der Waals surface area contributed by atoms with Crippen LogP contribution in [0.4, 0.5) is 0 Å². The molecule has 2 unspecified atom stereocenters. The summed E-state index contributed by atoms with van der Waals surface area (Å²) >= 11 is 6.42. The number of nitrogens with one attached hydrogen (secondary N) is 3. The number of halogens is 1. The number of carbonyl (C=O) groups excluding carboxylic acids is 2. The molecular formula is C21H25ClN4O3. The third-order valence-corrected chi connectivity index (χ3v) is 5.08. The van der Waals surface area contributed by atoms with Crippen LogP contribution in [0.2, 0.25) is 5.02 Å². The van der Waals surface area contributed by atoms with E-state index in [1.807, 2.05) is 38.1 Å². The molecule has 0 aliphatic carbocycles. The van der Waals surface area contributed by atoms with E-state index in [4.69, 9.17) is 16.3 Å². The molecule has 0 radical (unpaired) electrons. The highest BCUT2D eigenvalue weighted by atomic mass is 35.5. The van der Waals surface area contributed by atoms with Gasteiger partial charge in [-0.05, 0) is 23.8 Å². The summed E-state index contributed by atoms with van der Waals surface area (Å²) in [5, 5.41) is 9.75. The first-order chi connectivity index (χ1) is 13.9. The van der Waals surface area contributed by atoms with Crippen LogP contribution in [-0.4, -0.2) is 23.9 Å². The molecule has 0 saturated carbocycles. The predicted molar refractivity (Wildman–Crippen MR) is 110 cm³/mol. The molecule has 8 heteroatoms. The van der Waals surface area contributed by atoms with Gasteiger partial charge in [-0.15, -0.1) is 0 Å². The van der Waals surface area contributed by atoms with E-state index in [1.54, 1.807) is 19.2 Å². The average molecular weight is 417 g/mol. The van der Waals surface area contributed by atoms with Gasteiger partial charge in [0.15, 0.2) is 0 Å². The van der Waals surface area contributed by atoms with Crippen molar-refractivity contribution in [1.29, 1.82) is 0 Å². The number of amides is 2. The molecule has 3 N–H and O–H groups in total. The van der Waals surface area contributed by atoms with Crippen molar-refractivity contribution in [2.45, 2.75) is 39.0 Å². The summed E-state index contributed by atoms with van der Waals surface area (Å²) in [6, 6.07) is 10.7. The zero-order valence-electron chi connectivity index (χ0n) is 16.7. The van der Waals surface area contributed by atoms with Gasteiger partial charge >= 0.3 is 0 Å². The number of ether oxygens (including phenoxy) is 1. The summed E-state index contributed by atoms with van der Waals surface area (Å²) in [5.41, 5.74) is 2.36. The predicted octanol–water partition coefficient (Wildman–Crippen LogP) is 2.87. The molecule has 7 nitrogen and oxygen atoms in total. The van der Waals surface area contributed by atoms with Crippen molar-refractivity contribution in [2.75, 3.05) is 7.11 Å². The van der Waals surface area contributed by atoms with Crippen molar-refractivity contribution in [3.8, 4) is 5.88 Å². The Hall–Kier alpha value is -2.64.